The number of para-hydroxylation sites is 1. The van der Waals surface area contributed by atoms with E-state index < -0.39 is 7.25 Å². The summed E-state index contributed by atoms with van der Waals surface area (Å²) in [5.41, 5.74) is 2.69. The highest BCUT2D eigenvalue weighted by atomic mass is 19.5. The Kier molecular flexibility index (Phi) is 7.20. The van der Waals surface area contributed by atoms with E-state index in [1.165, 1.54) is 0 Å². The molecule has 0 atom stereocenters. The fourth-order valence-electron chi connectivity index (χ4n) is 3.03. The summed E-state index contributed by atoms with van der Waals surface area (Å²) in [4.78, 5) is 3.49. The Hall–Kier alpha value is -3.75. The third kappa shape index (κ3) is 6.13. The standard InChI is InChI=1S/C23H19NO3.BF4/c1-25-17-12-13-19(23(14-17)26-2)24-20-15-22(16-8-4-3-5-9-16)27-21-11-7-6-10-18(20)21;2-1(3,4)5/h3-15H,1-2H3;/q;-1/p+1. The molecule has 0 saturated heterocycles. The van der Waals surface area contributed by atoms with E-state index in [-0.39, 0.29) is 0 Å². The quantitative estimate of drug-likeness (QED) is 0.365. The highest BCUT2D eigenvalue weighted by Gasteiger charge is 2.20. The van der Waals surface area contributed by atoms with Gasteiger partial charge in [-0.2, -0.15) is 0 Å². The second-order valence-electron chi connectivity index (χ2n) is 6.57. The number of hydrogen-bond donors (Lipinski definition) is 1. The molecular formula is C23H20BF4NO3. The van der Waals surface area contributed by atoms with E-state index in [2.05, 4.69) is 4.99 Å². The molecule has 0 aliphatic rings. The van der Waals surface area contributed by atoms with E-state index in [0.29, 0.717) is 5.75 Å². The molecular weight excluding hydrogens is 425 g/mol. The van der Waals surface area contributed by atoms with E-state index in [9.17, 15) is 17.3 Å². The first-order valence-electron chi connectivity index (χ1n) is 9.56. The third-order valence-electron chi connectivity index (χ3n) is 4.41. The van der Waals surface area contributed by atoms with Gasteiger partial charge in [0.2, 0.25) is 11.0 Å². The molecule has 1 N–H and O–H groups in total. The van der Waals surface area contributed by atoms with Gasteiger partial charge in [0.05, 0.1) is 25.7 Å². The average molecular weight is 445 g/mol. The Balaban J connectivity index is 0.000000523. The van der Waals surface area contributed by atoms with Crippen molar-refractivity contribution in [2.45, 2.75) is 0 Å². The van der Waals surface area contributed by atoms with E-state index in [0.717, 1.165) is 39.1 Å². The molecule has 4 rings (SSSR count). The minimum absolute atomic E-state index is 0.709. The molecule has 1 aromatic heterocycles. The summed E-state index contributed by atoms with van der Waals surface area (Å²) in [6.07, 6.45) is 0. The molecule has 4 nitrogen and oxygen atoms in total. The number of ether oxygens (including phenoxy) is 2. The number of nitrogens with one attached hydrogen (secondary N) is 1. The smallest absolute Gasteiger partial charge is 0.497 e. The summed E-state index contributed by atoms with van der Waals surface area (Å²) >= 11 is 0. The maximum atomic E-state index is 9.75. The largest absolute Gasteiger partial charge is 0.673 e. The van der Waals surface area contributed by atoms with Crippen molar-refractivity contribution in [2.24, 2.45) is 0 Å². The van der Waals surface area contributed by atoms with Crippen molar-refractivity contribution in [3.63, 3.8) is 0 Å². The molecule has 0 spiro atoms. The summed E-state index contributed by atoms with van der Waals surface area (Å²) in [5.74, 6) is 2.25. The highest BCUT2D eigenvalue weighted by Crippen LogP contribution is 2.25. The molecule has 0 aliphatic heterocycles. The minimum atomic E-state index is -6.00. The summed E-state index contributed by atoms with van der Waals surface area (Å²) in [7, 11) is -2.71. The van der Waals surface area contributed by atoms with Gasteiger partial charge < -0.3 is 31.2 Å². The van der Waals surface area contributed by atoms with Crippen LogP contribution in [-0.2, 0) is 0 Å². The number of rotatable bonds is 4. The van der Waals surface area contributed by atoms with Gasteiger partial charge in [0.15, 0.2) is 5.75 Å². The van der Waals surface area contributed by atoms with Crippen LogP contribution in [0.15, 0.2) is 83.3 Å². The molecule has 4 aromatic rings. The topological polar surface area (TPSA) is 45.6 Å². The lowest BCUT2D eigenvalue weighted by atomic mass is 10.1. The van der Waals surface area contributed by atoms with E-state index in [1.807, 2.05) is 78.9 Å². The van der Waals surface area contributed by atoms with Crippen molar-refractivity contribution in [1.29, 1.82) is 0 Å². The van der Waals surface area contributed by atoms with Gasteiger partial charge >= 0.3 is 7.25 Å². The van der Waals surface area contributed by atoms with Crippen molar-refractivity contribution < 1.29 is 36.1 Å². The Morgan fingerprint density at radius 3 is 2.09 bits per heavy atom. The van der Waals surface area contributed by atoms with E-state index in [4.69, 9.17) is 13.9 Å². The van der Waals surface area contributed by atoms with Crippen LogP contribution in [-0.4, -0.2) is 21.5 Å². The molecule has 166 valence electrons. The Labute approximate surface area is 181 Å². The number of methoxy groups -OCH3 is 2. The first kappa shape index (κ1) is 22.9. The zero-order valence-corrected chi connectivity index (χ0v) is 17.3. The Morgan fingerprint density at radius 2 is 1.44 bits per heavy atom. The number of fused-ring (bicyclic) bond motifs is 1. The maximum absolute atomic E-state index is 9.75. The number of hydrogen-bond acceptors (Lipinski definition) is 3. The van der Waals surface area contributed by atoms with Crippen molar-refractivity contribution in [1.82, 2.24) is 0 Å². The van der Waals surface area contributed by atoms with Gasteiger partial charge in [-0.25, -0.2) is 4.99 Å². The molecule has 3 aromatic carbocycles. The van der Waals surface area contributed by atoms with Gasteiger partial charge in [-0.1, -0.05) is 42.5 Å². The average Bonchev–Trinajstić information content (AvgIpc) is 2.78. The first-order chi connectivity index (χ1) is 15.3. The van der Waals surface area contributed by atoms with Gasteiger partial charge in [0.1, 0.15) is 17.1 Å². The molecule has 0 radical (unpaired) electrons. The fourth-order valence-corrected chi connectivity index (χ4v) is 3.03. The van der Waals surface area contributed by atoms with Crippen LogP contribution in [0.1, 0.15) is 0 Å². The van der Waals surface area contributed by atoms with Gasteiger partial charge in [-0.3, -0.25) is 0 Å². The molecule has 32 heavy (non-hydrogen) atoms. The molecule has 0 fully saturated rings. The first-order valence-corrected chi connectivity index (χ1v) is 9.56. The van der Waals surface area contributed by atoms with Crippen LogP contribution in [0.2, 0.25) is 0 Å². The highest BCUT2D eigenvalue weighted by molar-refractivity contribution is 6.50. The van der Waals surface area contributed by atoms with Crippen LogP contribution < -0.4 is 19.8 Å². The van der Waals surface area contributed by atoms with Crippen LogP contribution in [0.25, 0.3) is 22.3 Å². The molecule has 0 aliphatic carbocycles. The zero-order chi connectivity index (χ0) is 23.1. The van der Waals surface area contributed by atoms with Crippen LogP contribution >= 0.6 is 0 Å². The summed E-state index contributed by atoms with van der Waals surface area (Å²) in [5, 5.41) is 1.94. The van der Waals surface area contributed by atoms with Crippen LogP contribution in [0.5, 0.6) is 11.5 Å². The molecule has 0 bridgehead atoms. The Bertz CT molecular complexity index is 1250. The lowest BCUT2D eigenvalue weighted by molar-refractivity contribution is -0.401. The predicted molar refractivity (Wildman–Crippen MR) is 115 cm³/mol. The van der Waals surface area contributed by atoms with Crippen molar-refractivity contribution in [2.75, 3.05) is 14.2 Å². The van der Waals surface area contributed by atoms with Gasteiger partial charge in [0, 0.05) is 17.7 Å². The Morgan fingerprint density at radius 1 is 0.781 bits per heavy atom. The zero-order valence-electron chi connectivity index (χ0n) is 17.3. The predicted octanol–water partition coefficient (Wildman–Crippen LogP) is 4.73. The SMILES string of the molecule is COc1ccc([NH+]=c2cc(-c3ccccc3)oc3ccccc23)c(OC)c1.F[B-](F)(F)F. The summed E-state index contributed by atoms with van der Waals surface area (Å²) in [6, 6.07) is 25.7. The lowest BCUT2D eigenvalue weighted by Gasteiger charge is -2.05. The van der Waals surface area contributed by atoms with Gasteiger partial charge in [-0.05, 0) is 18.2 Å². The van der Waals surface area contributed by atoms with Crippen molar-refractivity contribution >= 4 is 23.9 Å². The molecule has 0 amide bonds. The molecule has 0 unspecified atom stereocenters. The van der Waals surface area contributed by atoms with Crippen molar-refractivity contribution in [3.8, 4) is 22.8 Å². The van der Waals surface area contributed by atoms with E-state index in [1.54, 1.807) is 14.2 Å². The van der Waals surface area contributed by atoms with Crippen LogP contribution in [0, 0.1) is 0 Å². The molecule has 9 heteroatoms. The third-order valence-corrected chi connectivity index (χ3v) is 4.41. The van der Waals surface area contributed by atoms with E-state index >= 15 is 0 Å². The van der Waals surface area contributed by atoms with Gasteiger partial charge in [0.25, 0.3) is 0 Å². The molecule has 0 saturated carbocycles. The fraction of sp³-hybridized carbons (Fsp3) is 0.0870. The van der Waals surface area contributed by atoms with Gasteiger partial charge in [-0.15, -0.1) is 0 Å². The summed E-state index contributed by atoms with van der Waals surface area (Å²) < 4.78 is 55.9. The maximum Gasteiger partial charge on any atom is 0.673 e. The number of benzene rings is 3. The second kappa shape index (κ2) is 10.0. The van der Waals surface area contributed by atoms with Crippen LogP contribution in [0.4, 0.5) is 23.0 Å². The second-order valence-corrected chi connectivity index (χ2v) is 6.57. The van der Waals surface area contributed by atoms with Crippen molar-refractivity contribution in [3.05, 3.63) is 84.2 Å². The molecule has 1 heterocycles. The number of halogens is 4. The lowest BCUT2D eigenvalue weighted by Crippen LogP contribution is -2.70. The van der Waals surface area contributed by atoms with Crippen LogP contribution in [0.3, 0.4) is 0 Å². The monoisotopic (exact) mass is 445 g/mol. The minimum Gasteiger partial charge on any atom is -0.497 e. The normalized spacial score (nSPS) is 11.6. The summed E-state index contributed by atoms with van der Waals surface area (Å²) in [6.45, 7) is 0.